The van der Waals surface area contributed by atoms with E-state index in [1.807, 2.05) is 0 Å². The number of nitrogens with one attached hydrogen (secondary N) is 1. The molecule has 2 aromatic carbocycles. The van der Waals surface area contributed by atoms with Gasteiger partial charge in [0, 0.05) is 11.6 Å². The molecule has 122 valence electrons. The Balaban J connectivity index is 1.69. The van der Waals surface area contributed by atoms with Gasteiger partial charge in [-0.2, -0.15) is 4.80 Å². The standard InChI is InChI=1S/C15H10F3N5O/c16-10-3-1-2-9(6-10)15-20-22-23(21-15)8-14(24)19-13-5-4-11(17)7-12(13)18/h1-7H,8H2,(H,19,24). The number of amides is 1. The van der Waals surface area contributed by atoms with Crippen LogP contribution in [-0.2, 0) is 11.3 Å². The van der Waals surface area contributed by atoms with Crippen molar-refractivity contribution in [3.8, 4) is 11.4 Å². The number of carbonyl (C=O) groups is 1. The lowest BCUT2D eigenvalue weighted by Crippen LogP contribution is -2.21. The van der Waals surface area contributed by atoms with Crippen molar-refractivity contribution in [1.29, 1.82) is 0 Å². The summed E-state index contributed by atoms with van der Waals surface area (Å²) in [5.41, 5.74) is 0.248. The molecule has 0 spiro atoms. The maximum absolute atomic E-state index is 13.5. The van der Waals surface area contributed by atoms with Gasteiger partial charge < -0.3 is 5.32 Å². The number of nitrogens with zero attached hydrogens (tertiary/aromatic N) is 4. The Morgan fingerprint density at radius 3 is 2.62 bits per heavy atom. The van der Waals surface area contributed by atoms with Gasteiger partial charge in [-0.05, 0) is 29.5 Å². The number of benzene rings is 2. The zero-order valence-corrected chi connectivity index (χ0v) is 12.1. The van der Waals surface area contributed by atoms with E-state index in [0.717, 1.165) is 16.9 Å². The Morgan fingerprint density at radius 2 is 1.88 bits per heavy atom. The lowest BCUT2D eigenvalue weighted by molar-refractivity contribution is -0.117. The largest absolute Gasteiger partial charge is 0.322 e. The van der Waals surface area contributed by atoms with Gasteiger partial charge in [0.15, 0.2) is 0 Å². The molecule has 1 N–H and O–H groups in total. The summed E-state index contributed by atoms with van der Waals surface area (Å²) in [6, 6.07) is 8.39. The topological polar surface area (TPSA) is 72.7 Å². The van der Waals surface area contributed by atoms with Crippen LogP contribution in [0.25, 0.3) is 11.4 Å². The van der Waals surface area contributed by atoms with Crippen molar-refractivity contribution in [2.75, 3.05) is 5.32 Å². The fourth-order valence-electron chi connectivity index (χ4n) is 1.96. The van der Waals surface area contributed by atoms with Crippen molar-refractivity contribution >= 4 is 11.6 Å². The zero-order valence-electron chi connectivity index (χ0n) is 12.1. The maximum atomic E-state index is 13.5. The molecule has 3 aromatic rings. The Morgan fingerprint density at radius 1 is 1.08 bits per heavy atom. The van der Waals surface area contributed by atoms with Gasteiger partial charge in [-0.3, -0.25) is 4.79 Å². The highest BCUT2D eigenvalue weighted by Crippen LogP contribution is 2.16. The Bertz CT molecular complexity index is 896. The predicted molar refractivity (Wildman–Crippen MR) is 78.2 cm³/mol. The molecule has 1 aromatic heterocycles. The quantitative estimate of drug-likeness (QED) is 0.796. The lowest BCUT2D eigenvalue weighted by atomic mass is 10.2. The van der Waals surface area contributed by atoms with Gasteiger partial charge in [0.25, 0.3) is 0 Å². The minimum absolute atomic E-state index is 0.148. The number of rotatable bonds is 4. The molecule has 3 rings (SSSR count). The first-order valence-electron chi connectivity index (χ1n) is 6.80. The van der Waals surface area contributed by atoms with Crippen LogP contribution in [0.15, 0.2) is 42.5 Å². The van der Waals surface area contributed by atoms with Gasteiger partial charge in [-0.25, -0.2) is 13.2 Å². The average molecular weight is 333 g/mol. The van der Waals surface area contributed by atoms with Crippen LogP contribution < -0.4 is 5.32 Å². The number of anilines is 1. The van der Waals surface area contributed by atoms with Crippen molar-refractivity contribution in [1.82, 2.24) is 20.2 Å². The van der Waals surface area contributed by atoms with E-state index in [0.29, 0.717) is 11.6 Å². The van der Waals surface area contributed by atoms with Crippen LogP contribution in [-0.4, -0.2) is 26.1 Å². The third-order valence-electron chi connectivity index (χ3n) is 3.03. The van der Waals surface area contributed by atoms with Crippen LogP contribution in [0.2, 0.25) is 0 Å². The second-order valence-corrected chi connectivity index (χ2v) is 4.83. The third-order valence-corrected chi connectivity index (χ3v) is 3.03. The van der Waals surface area contributed by atoms with Crippen LogP contribution in [0.4, 0.5) is 18.9 Å². The molecule has 0 saturated heterocycles. The summed E-state index contributed by atoms with van der Waals surface area (Å²) in [4.78, 5) is 12.8. The van der Waals surface area contributed by atoms with Crippen LogP contribution in [0, 0.1) is 17.5 Å². The third kappa shape index (κ3) is 3.57. The molecule has 0 aliphatic carbocycles. The van der Waals surface area contributed by atoms with Crippen molar-refractivity contribution in [2.24, 2.45) is 0 Å². The summed E-state index contributed by atoms with van der Waals surface area (Å²) in [6.07, 6.45) is 0. The number of aromatic nitrogens is 4. The predicted octanol–water partition coefficient (Wildman–Crippen LogP) is 2.40. The second kappa shape index (κ2) is 6.49. The molecule has 24 heavy (non-hydrogen) atoms. The van der Waals surface area contributed by atoms with E-state index in [1.165, 1.54) is 18.2 Å². The van der Waals surface area contributed by atoms with Gasteiger partial charge in [0.1, 0.15) is 24.0 Å². The molecular weight excluding hydrogens is 323 g/mol. The lowest BCUT2D eigenvalue weighted by Gasteiger charge is -2.05. The molecule has 0 aliphatic rings. The Hall–Kier alpha value is -3.23. The molecule has 1 amide bonds. The van der Waals surface area contributed by atoms with E-state index in [1.54, 1.807) is 6.07 Å². The van der Waals surface area contributed by atoms with E-state index in [4.69, 9.17) is 0 Å². The molecule has 0 unspecified atom stereocenters. The molecule has 0 atom stereocenters. The molecule has 0 fully saturated rings. The summed E-state index contributed by atoms with van der Waals surface area (Å²) in [5.74, 6) is -2.56. The summed E-state index contributed by atoms with van der Waals surface area (Å²) in [7, 11) is 0. The van der Waals surface area contributed by atoms with Crippen molar-refractivity contribution in [3.05, 3.63) is 59.9 Å². The first-order valence-corrected chi connectivity index (χ1v) is 6.80. The second-order valence-electron chi connectivity index (χ2n) is 4.83. The van der Waals surface area contributed by atoms with Gasteiger partial charge in [-0.1, -0.05) is 12.1 Å². The molecule has 1 heterocycles. The maximum Gasteiger partial charge on any atom is 0.248 e. The molecule has 0 saturated carbocycles. The number of tetrazole rings is 1. The Labute approximate surface area is 133 Å². The fourth-order valence-corrected chi connectivity index (χ4v) is 1.96. The van der Waals surface area contributed by atoms with Crippen LogP contribution in [0.5, 0.6) is 0 Å². The first-order chi connectivity index (χ1) is 11.5. The summed E-state index contributed by atoms with van der Waals surface area (Å²) in [5, 5.41) is 13.6. The monoisotopic (exact) mass is 333 g/mol. The average Bonchev–Trinajstić information content (AvgIpc) is 2.98. The highest BCUT2D eigenvalue weighted by molar-refractivity contribution is 5.90. The van der Waals surface area contributed by atoms with Gasteiger partial charge in [0.2, 0.25) is 11.7 Å². The van der Waals surface area contributed by atoms with E-state index in [9.17, 15) is 18.0 Å². The first kappa shape index (κ1) is 15.7. The van der Waals surface area contributed by atoms with E-state index in [2.05, 4.69) is 20.7 Å². The van der Waals surface area contributed by atoms with Crippen LogP contribution >= 0.6 is 0 Å². The van der Waals surface area contributed by atoms with Gasteiger partial charge >= 0.3 is 0 Å². The number of hydrogen-bond donors (Lipinski definition) is 1. The molecule has 0 radical (unpaired) electrons. The number of carbonyl (C=O) groups excluding carboxylic acids is 1. The molecule has 0 bridgehead atoms. The molecule has 0 aliphatic heterocycles. The summed E-state index contributed by atoms with van der Waals surface area (Å²) >= 11 is 0. The summed E-state index contributed by atoms with van der Waals surface area (Å²) < 4.78 is 39.5. The van der Waals surface area contributed by atoms with E-state index < -0.39 is 23.4 Å². The minimum Gasteiger partial charge on any atom is -0.322 e. The van der Waals surface area contributed by atoms with E-state index in [-0.39, 0.29) is 18.1 Å². The highest BCUT2D eigenvalue weighted by atomic mass is 19.1. The van der Waals surface area contributed by atoms with Crippen molar-refractivity contribution < 1.29 is 18.0 Å². The van der Waals surface area contributed by atoms with Crippen LogP contribution in [0.1, 0.15) is 0 Å². The normalized spacial score (nSPS) is 10.6. The van der Waals surface area contributed by atoms with Crippen LogP contribution in [0.3, 0.4) is 0 Å². The Kier molecular flexibility index (Phi) is 4.23. The van der Waals surface area contributed by atoms with E-state index >= 15 is 0 Å². The van der Waals surface area contributed by atoms with Crippen molar-refractivity contribution in [3.63, 3.8) is 0 Å². The molecule has 9 heteroatoms. The highest BCUT2D eigenvalue weighted by Gasteiger charge is 2.12. The molecule has 6 nitrogen and oxygen atoms in total. The van der Waals surface area contributed by atoms with Crippen molar-refractivity contribution in [2.45, 2.75) is 6.54 Å². The van der Waals surface area contributed by atoms with Gasteiger partial charge in [-0.15, -0.1) is 10.2 Å². The number of halogens is 3. The SMILES string of the molecule is O=C(Cn1nnc(-c2cccc(F)c2)n1)Nc1ccc(F)cc1F. The minimum atomic E-state index is -0.893. The number of hydrogen-bond acceptors (Lipinski definition) is 4. The zero-order chi connectivity index (χ0) is 17.1. The molecular formula is C15H10F3N5O. The summed E-state index contributed by atoms with van der Waals surface area (Å²) in [6.45, 7) is -0.334. The van der Waals surface area contributed by atoms with Gasteiger partial charge in [0.05, 0.1) is 5.69 Å². The fraction of sp³-hybridized carbons (Fsp3) is 0.0667. The smallest absolute Gasteiger partial charge is 0.248 e.